The molecule has 6 nitrogen and oxygen atoms in total. The van der Waals surface area contributed by atoms with Crippen molar-refractivity contribution in [1.82, 2.24) is 9.97 Å². The Labute approximate surface area is 146 Å². The Hall–Kier alpha value is -1.34. The van der Waals surface area contributed by atoms with Gasteiger partial charge in [0.15, 0.2) is 0 Å². The van der Waals surface area contributed by atoms with Crippen LogP contribution in [0.1, 0.15) is 37.6 Å². The van der Waals surface area contributed by atoms with Gasteiger partial charge < -0.3 is 20.8 Å². The number of aromatic amines is 1. The molecule has 8 heteroatoms. The van der Waals surface area contributed by atoms with E-state index in [1.54, 1.807) is 0 Å². The number of nitrogens with zero attached hydrogens (tertiary/aromatic N) is 1. The third kappa shape index (κ3) is 3.45. The van der Waals surface area contributed by atoms with E-state index in [-0.39, 0.29) is 36.8 Å². The Morgan fingerprint density at radius 2 is 2.17 bits per heavy atom. The third-order valence-electron chi connectivity index (χ3n) is 4.23. The van der Waals surface area contributed by atoms with Gasteiger partial charge in [0.05, 0.1) is 16.6 Å². The van der Waals surface area contributed by atoms with Gasteiger partial charge in [-0.15, -0.1) is 24.8 Å². The minimum atomic E-state index is -0.661. The van der Waals surface area contributed by atoms with E-state index in [1.165, 1.54) is 0 Å². The van der Waals surface area contributed by atoms with E-state index in [0.29, 0.717) is 0 Å². The number of halogens is 2. The summed E-state index contributed by atoms with van der Waals surface area (Å²) in [5.41, 5.74) is 7.75. The molecule has 1 atom stereocenters. The molecule has 1 aliphatic heterocycles. The van der Waals surface area contributed by atoms with Crippen molar-refractivity contribution in [3.8, 4) is 0 Å². The second kappa shape index (κ2) is 6.65. The molecule has 1 aliphatic carbocycles. The minimum absolute atomic E-state index is 0. The van der Waals surface area contributed by atoms with Crippen molar-refractivity contribution in [1.29, 1.82) is 0 Å². The van der Waals surface area contributed by atoms with Crippen LogP contribution in [-0.4, -0.2) is 28.0 Å². The van der Waals surface area contributed by atoms with Gasteiger partial charge in [-0.3, -0.25) is 4.79 Å². The summed E-state index contributed by atoms with van der Waals surface area (Å²) in [4.78, 5) is 19.8. The van der Waals surface area contributed by atoms with Crippen LogP contribution in [0.3, 0.4) is 0 Å². The fraction of sp³-hybridized carbons (Fsp3) is 0.467. The molecular weight excluding hydrogens is 339 g/mol. The van der Waals surface area contributed by atoms with Crippen LogP contribution in [0, 0.1) is 0 Å². The maximum atomic E-state index is 12.0. The number of fused-ring (bicyclic) bond motifs is 1. The topological polar surface area (TPSA) is 93.0 Å². The highest BCUT2D eigenvalue weighted by molar-refractivity contribution is 6.01. The highest BCUT2D eigenvalue weighted by Crippen LogP contribution is 2.34. The number of ether oxygens (including phenoxy) is 1. The number of carbonyl (C=O) groups excluding carboxylic acids is 1. The molecule has 2 aliphatic rings. The Balaban J connectivity index is 0.000000960. The van der Waals surface area contributed by atoms with E-state index in [9.17, 15) is 4.79 Å². The first kappa shape index (κ1) is 18.0. The molecule has 0 bridgehead atoms. The van der Waals surface area contributed by atoms with Crippen LogP contribution in [-0.2, 0) is 9.53 Å². The van der Waals surface area contributed by atoms with Crippen molar-refractivity contribution in [2.24, 2.45) is 5.73 Å². The molecule has 1 saturated carbocycles. The van der Waals surface area contributed by atoms with Crippen LogP contribution >= 0.6 is 24.8 Å². The minimum Gasteiger partial charge on any atom is -0.370 e. The number of hydrogen-bond donors (Lipinski definition) is 3. The smallest absolute Gasteiger partial charge is 0.244 e. The van der Waals surface area contributed by atoms with Gasteiger partial charge in [-0.1, -0.05) is 0 Å². The molecule has 4 N–H and O–H groups in total. The van der Waals surface area contributed by atoms with Crippen molar-refractivity contribution in [3.05, 3.63) is 24.0 Å². The fourth-order valence-electron chi connectivity index (χ4n) is 2.67. The lowest BCUT2D eigenvalue weighted by Crippen LogP contribution is -2.37. The van der Waals surface area contributed by atoms with E-state index < -0.39 is 5.54 Å². The average Bonchev–Trinajstić information content (AvgIpc) is 2.94. The maximum absolute atomic E-state index is 12.0. The SMILES string of the molecule is Cl.Cl.NC1(C(=O)Nc2ccc3nc(C4CCCO4)[nH]c3c2)CC1. The van der Waals surface area contributed by atoms with E-state index >= 15 is 0 Å². The van der Waals surface area contributed by atoms with Gasteiger partial charge in [0.25, 0.3) is 0 Å². The Bertz CT molecular complexity index is 709. The number of carbonyl (C=O) groups is 1. The van der Waals surface area contributed by atoms with Gasteiger partial charge in [0, 0.05) is 12.3 Å². The summed E-state index contributed by atoms with van der Waals surface area (Å²) in [6.45, 7) is 0.793. The number of amides is 1. The monoisotopic (exact) mass is 358 g/mol. The molecule has 1 aromatic heterocycles. The van der Waals surface area contributed by atoms with Crippen molar-refractivity contribution in [3.63, 3.8) is 0 Å². The first-order valence-electron chi connectivity index (χ1n) is 7.36. The normalized spacial score (nSPS) is 21.3. The van der Waals surface area contributed by atoms with Gasteiger partial charge in [-0.2, -0.15) is 0 Å². The number of nitrogens with one attached hydrogen (secondary N) is 2. The summed E-state index contributed by atoms with van der Waals surface area (Å²) in [5.74, 6) is 0.754. The van der Waals surface area contributed by atoms with Crippen LogP contribution < -0.4 is 11.1 Å². The number of benzene rings is 1. The van der Waals surface area contributed by atoms with E-state index in [2.05, 4.69) is 15.3 Å². The summed E-state index contributed by atoms with van der Waals surface area (Å²) in [7, 11) is 0. The molecule has 1 saturated heterocycles. The van der Waals surface area contributed by atoms with Crippen LogP contribution in [0.4, 0.5) is 5.69 Å². The zero-order valence-corrected chi connectivity index (χ0v) is 14.1. The quantitative estimate of drug-likeness (QED) is 0.786. The van der Waals surface area contributed by atoms with Crippen LogP contribution in [0.2, 0.25) is 0 Å². The Morgan fingerprint density at radius 3 is 2.83 bits per heavy atom. The zero-order valence-electron chi connectivity index (χ0n) is 12.5. The summed E-state index contributed by atoms with van der Waals surface area (Å²) in [6, 6.07) is 5.65. The van der Waals surface area contributed by atoms with E-state index in [4.69, 9.17) is 10.5 Å². The highest BCUT2D eigenvalue weighted by Gasteiger charge is 2.45. The molecule has 0 spiro atoms. The van der Waals surface area contributed by atoms with Crippen LogP contribution in [0.15, 0.2) is 18.2 Å². The molecule has 1 aromatic carbocycles. The average molecular weight is 359 g/mol. The lowest BCUT2D eigenvalue weighted by molar-refractivity contribution is -0.118. The van der Waals surface area contributed by atoms with Crippen molar-refractivity contribution in [2.45, 2.75) is 37.3 Å². The second-order valence-corrected chi connectivity index (χ2v) is 5.97. The first-order chi connectivity index (χ1) is 10.1. The van der Waals surface area contributed by atoms with Gasteiger partial charge in [0.1, 0.15) is 11.9 Å². The van der Waals surface area contributed by atoms with Gasteiger partial charge in [0.2, 0.25) is 5.91 Å². The Kier molecular flexibility index (Phi) is 5.20. The molecule has 1 amide bonds. The van der Waals surface area contributed by atoms with Gasteiger partial charge in [-0.25, -0.2) is 4.98 Å². The fourth-order valence-corrected chi connectivity index (χ4v) is 2.67. The number of H-pyrrole nitrogens is 1. The molecule has 126 valence electrons. The molecule has 4 rings (SSSR count). The predicted molar refractivity (Wildman–Crippen MR) is 93.3 cm³/mol. The number of anilines is 1. The lowest BCUT2D eigenvalue weighted by Gasteiger charge is -2.09. The predicted octanol–water partition coefficient (Wildman–Crippen LogP) is 2.69. The first-order valence-corrected chi connectivity index (χ1v) is 7.36. The largest absolute Gasteiger partial charge is 0.370 e. The maximum Gasteiger partial charge on any atom is 0.244 e. The number of rotatable bonds is 3. The van der Waals surface area contributed by atoms with Crippen LogP contribution in [0.5, 0.6) is 0 Å². The summed E-state index contributed by atoms with van der Waals surface area (Å²) >= 11 is 0. The molecular formula is C15H20Cl2N4O2. The van der Waals surface area contributed by atoms with E-state index in [0.717, 1.165) is 54.8 Å². The Morgan fingerprint density at radius 1 is 1.39 bits per heavy atom. The molecule has 0 radical (unpaired) electrons. The van der Waals surface area contributed by atoms with Crippen molar-refractivity contribution in [2.75, 3.05) is 11.9 Å². The lowest BCUT2D eigenvalue weighted by atomic mass is 10.2. The summed E-state index contributed by atoms with van der Waals surface area (Å²) < 4.78 is 5.64. The second-order valence-electron chi connectivity index (χ2n) is 5.97. The van der Waals surface area contributed by atoms with Gasteiger partial charge in [-0.05, 0) is 43.9 Å². The third-order valence-corrected chi connectivity index (χ3v) is 4.23. The van der Waals surface area contributed by atoms with Crippen molar-refractivity contribution < 1.29 is 9.53 Å². The number of aromatic nitrogens is 2. The molecule has 2 fully saturated rings. The molecule has 2 heterocycles. The van der Waals surface area contributed by atoms with E-state index in [1.807, 2.05) is 18.2 Å². The zero-order chi connectivity index (χ0) is 14.4. The van der Waals surface area contributed by atoms with Crippen LogP contribution in [0.25, 0.3) is 11.0 Å². The molecule has 1 unspecified atom stereocenters. The molecule has 2 aromatic rings. The van der Waals surface area contributed by atoms with Gasteiger partial charge >= 0.3 is 0 Å². The molecule has 23 heavy (non-hydrogen) atoms. The number of nitrogens with two attached hydrogens (primary N) is 1. The number of imidazole rings is 1. The highest BCUT2D eigenvalue weighted by atomic mass is 35.5. The van der Waals surface area contributed by atoms with Crippen molar-refractivity contribution >= 4 is 47.4 Å². The number of hydrogen-bond acceptors (Lipinski definition) is 4. The summed E-state index contributed by atoms with van der Waals surface area (Å²) in [5, 5.41) is 2.87. The standard InChI is InChI=1S/C15H18N4O2.2ClH/c16-15(5-6-15)14(20)17-9-3-4-10-11(8-9)19-13(18-10)12-2-1-7-21-12;;/h3-4,8,12H,1-2,5-7,16H2,(H,17,20)(H,18,19);2*1H. The summed E-state index contributed by atoms with van der Waals surface area (Å²) in [6.07, 6.45) is 3.65.